The van der Waals surface area contributed by atoms with Gasteiger partial charge in [-0.25, -0.2) is 24.8 Å². The van der Waals surface area contributed by atoms with Gasteiger partial charge in [-0.05, 0) is 60.0 Å². The maximum atomic E-state index is 10.8. The zero-order chi connectivity index (χ0) is 41.3. The fourth-order valence-electron chi connectivity index (χ4n) is 7.84. The van der Waals surface area contributed by atoms with Crippen molar-refractivity contribution < 1.29 is 0 Å². The van der Waals surface area contributed by atoms with E-state index in [2.05, 4.69) is 21.6 Å². The van der Waals surface area contributed by atoms with Gasteiger partial charge in [0.25, 0.3) is 0 Å². The molecule has 0 saturated carbocycles. The molecule has 0 aliphatic carbocycles. The number of nitriles is 2. The van der Waals surface area contributed by atoms with Gasteiger partial charge < -0.3 is 4.57 Å². The minimum Gasteiger partial charge on any atom is -0.308 e. The molecule has 282 valence electrons. The molecule has 0 radical (unpaired) electrons. The maximum absolute atomic E-state index is 10.8. The van der Waals surface area contributed by atoms with Gasteiger partial charge in [-0.1, -0.05) is 127 Å². The van der Waals surface area contributed by atoms with Crippen LogP contribution in [0, 0.1) is 29.2 Å². The van der Waals surface area contributed by atoms with Gasteiger partial charge in [0.2, 0.25) is 0 Å². The highest BCUT2D eigenvalue weighted by Crippen LogP contribution is 2.44. The predicted molar refractivity (Wildman–Crippen MR) is 240 cm³/mol. The Kier molecular flexibility index (Phi) is 9.16. The second-order valence-electron chi connectivity index (χ2n) is 14.4. The van der Waals surface area contributed by atoms with Crippen LogP contribution in [-0.2, 0) is 0 Å². The van der Waals surface area contributed by atoms with E-state index in [-0.39, 0.29) is 0 Å². The summed E-state index contributed by atoms with van der Waals surface area (Å²) >= 11 is 0. The molecular weight excluding hydrogens is 749 g/mol. The van der Waals surface area contributed by atoms with Crippen molar-refractivity contribution in [1.82, 2.24) is 24.5 Å². The van der Waals surface area contributed by atoms with E-state index in [1.165, 1.54) is 0 Å². The van der Waals surface area contributed by atoms with Crippen LogP contribution < -0.4 is 0 Å². The van der Waals surface area contributed by atoms with Gasteiger partial charge in [0.05, 0.1) is 69.3 Å². The first-order valence-electron chi connectivity index (χ1n) is 19.5. The summed E-state index contributed by atoms with van der Waals surface area (Å²) in [6.07, 6.45) is 0. The van der Waals surface area contributed by atoms with Gasteiger partial charge in [-0.15, -0.1) is 0 Å². The fourth-order valence-corrected chi connectivity index (χ4v) is 7.84. The number of benzene rings is 7. The third kappa shape index (κ3) is 6.71. The minimum absolute atomic E-state index is 0.402. The van der Waals surface area contributed by atoms with Crippen LogP contribution in [0.2, 0.25) is 0 Å². The molecule has 0 atom stereocenters. The first kappa shape index (κ1) is 36.3. The molecule has 0 N–H and O–H groups in total. The van der Waals surface area contributed by atoms with Gasteiger partial charge in [-0.2, -0.15) is 10.5 Å². The molecule has 61 heavy (non-hydrogen) atoms. The van der Waals surface area contributed by atoms with Crippen molar-refractivity contribution in [2.45, 2.75) is 0 Å². The third-order valence-electron chi connectivity index (χ3n) is 10.7. The second kappa shape index (κ2) is 15.4. The Labute approximate surface area is 351 Å². The second-order valence-corrected chi connectivity index (χ2v) is 14.4. The van der Waals surface area contributed by atoms with E-state index in [1.54, 1.807) is 12.1 Å². The van der Waals surface area contributed by atoms with Crippen LogP contribution in [0.5, 0.6) is 0 Å². The summed E-state index contributed by atoms with van der Waals surface area (Å²) in [5, 5.41) is 22.5. The molecule has 3 heterocycles. The summed E-state index contributed by atoms with van der Waals surface area (Å²) in [5.41, 5.74) is 11.1. The Bertz CT molecular complexity index is 3100. The fraction of sp³-hybridized carbons (Fsp3) is 0. The predicted octanol–water partition coefficient (Wildman–Crippen LogP) is 12.7. The third-order valence-corrected chi connectivity index (χ3v) is 10.7. The van der Waals surface area contributed by atoms with Gasteiger partial charge in [0.15, 0.2) is 17.3 Å². The standard InChI is InChI=1S/C53H30N8/c1-56-40-23-25-50-42(29-40)41-26-34(32-54)22-24-49(41)61(50)51-43(47-30-45(36-14-6-2-7-15-36)57-52(59-47)38-18-10-4-11-19-38)27-35(33-55)28-44(51)48-31-46(37-16-8-3-9-17-37)58-53(60-48)39-20-12-5-13-21-39/h2-31H. The van der Waals surface area contributed by atoms with E-state index >= 15 is 0 Å². The topological polar surface area (TPSA) is 108 Å². The van der Waals surface area contributed by atoms with Crippen molar-refractivity contribution in [2.24, 2.45) is 0 Å². The van der Waals surface area contributed by atoms with Gasteiger partial charge >= 0.3 is 0 Å². The highest BCUT2D eigenvalue weighted by molar-refractivity contribution is 6.12. The molecule has 0 bridgehead atoms. The maximum Gasteiger partial charge on any atom is 0.188 e. The van der Waals surface area contributed by atoms with Crippen molar-refractivity contribution in [2.75, 3.05) is 0 Å². The molecular formula is C53H30N8. The van der Waals surface area contributed by atoms with E-state index in [4.69, 9.17) is 26.5 Å². The monoisotopic (exact) mass is 778 g/mol. The number of aromatic nitrogens is 5. The van der Waals surface area contributed by atoms with E-state index in [0.29, 0.717) is 68.1 Å². The van der Waals surface area contributed by atoms with Crippen molar-refractivity contribution in [3.63, 3.8) is 0 Å². The van der Waals surface area contributed by atoms with Crippen LogP contribution in [0.15, 0.2) is 182 Å². The Hall–Kier alpha value is -9.03. The molecule has 0 saturated heterocycles. The van der Waals surface area contributed by atoms with Crippen LogP contribution in [-0.4, -0.2) is 24.5 Å². The van der Waals surface area contributed by atoms with Crippen molar-refractivity contribution in [3.05, 3.63) is 205 Å². The quantitative estimate of drug-likeness (QED) is 0.149. The molecule has 8 heteroatoms. The number of fused-ring (bicyclic) bond motifs is 3. The first-order valence-corrected chi connectivity index (χ1v) is 19.5. The average Bonchev–Trinajstić information content (AvgIpc) is 3.66. The summed E-state index contributed by atoms with van der Waals surface area (Å²) in [4.78, 5) is 24.5. The zero-order valence-corrected chi connectivity index (χ0v) is 32.4. The highest BCUT2D eigenvalue weighted by Gasteiger charge is 2.25. The minimum atomic E-state index is 0.402. The smallest absolute Gasteiger partial charge is 0.188 e. The van der Waals surface area contributed by atoms with E-state index in [0.717, 1.165) is 44.1 Å². The van der Waals surface area contributed by atoms with E-state index in [9.17, 15) is 10.5 Å². The summed E-state index contributed by atoms with van der Waals surface area (Å²) < 4.78 is 2.14. The van der Waals surface area contributed by atoms with E-state index < -0.39 is 0 Å². The molecule has 0 aliphatic rings. The molecule has 0 fully saturated rings. The first-order chi connectivity index (χ1) is 30.1. The Balaban J connectivity index is 1.38. The van der Waals surface area contributed by atoms with Gasteiger partial charge in [0, 0.05) is 38.8 Å². The number of rotatable bonds is 7. The lowest BCUT2D eigenvalue weighted by Crippen LogP contribution is -2.05. The molecule has 10 rings (SSSR count). The molecule has 0 aliphatic heterocycles. The van der Waals surface area contributed by atoms with Crippen LogP contribution in [0.4, 0.5) is 5.69 Å². The number of nitrogens with zero attached hydrogens (tertiary/aromatic N) is 8. The number of hydrogen-bond acceptors (Lipinski definition) is 6. The summed E-state index contributed by atoms with van der Waals surface area (Å²) in [6, 6.07) is 63.3. The van der Waals surface area contributed by atoms with Crippen molar-refractivity contribution in [1.29, 1.82) is 10.5 Å². The van der Waals surface area contributed by atoms with Crippen LogP contribution in [0.1, 0.15) is 11.1 Å². The van der Waals surface area contributed by atoms with Crippen LogP contribution in [0.3, 0.4) is 0 Å². The molecule has 0 amide bonds. The molecule has 7 aromatic carbocycles. The highest BCUT2D eigenvalue weighted by atomic mass is 15.0. The molecule has 3 aromatic heterocycles. The normalized spacial score (nSPS) is 10.9. The van der Waals surface area contributed by atoms with Gasteiger partial charge in [-0.3, -0.25) is 0 Å². The van der Waals surface area contributed by atoms with Crippen molar-refractivity contribution >= 4 is 27.5 Å². The van der Waals surface area contributed by atoms with Crippen LogP contribution in [0.25, 0.3) is 100 Å². The molecule has 0 spiro atoms. The van der Waals surface area contributed by atoms with Crippen molar-refractivity contribution in [3.8, 4) is 85.6 Å². The zero-order valence-electron chi connectivity index (χ0n) is 32.4. The lowest BCUT2D eigenvalue weighted by molar-refractivity contribution is 1.14. The van der Waals surface area contributed by atoms with Gasteiger partial charge in [0.1, 0.15) is 0 Å². The lowest BCUT2D eigenvalue weighted by Gasteiger charge is -2.20. The lowest BCUT2D eigenvalue weighted by atomic mass is 9.95. The summed E-state index contributed by atoms with van der Waals surface area (Å²) in [7, 11) is 0. The number of hydrogen-bond donors (Lipinski definition) is 0. The molecule has 10 aromatic rings. The molecule has 8 nitrogen and oxygen atoms in total. The Morgan fingerprint density at radius 2 is 0.852 bits per heavy atom. The largest absolute Gasteiger partial charge is 0.308 e. The van der Waals surface area contributed by atoms with E-state index in [1.807, 2.05) is 170 Å². The summed E-state index contributed by atoms with van der Waals surface area (Å²) in [6.45, 7) is 7.89. The Morgan fingerprint density at radius 1 is 0.426 bits per heavy atom. The Morgan fingerprint density at radius 3 is 1.31 bits per heavy atom. The SMILES string of the molecule is [C-]#[N+]c1ccc2c(c1)c1cc(C#N)ccc1n2-c1c(-c2cc(-c3ccccc3)nc(-c3ccccc3)n2)cc(C#N)cc1-c1cc(-c2ccccc2)nc(-c2ccccc2)n1. The molecule has 0 unspecified atom stereocenters. The average molecular weight is 779 g/mol. The summed E-state index contributed by atoms with van der Waals surface area (Å²) in [5.74, 6) is 1.04. The van der Waals surface area contributed by atoms with Crippen LogP contribution >= 0.6 is 0 Å².